The van der Waals surface area contributed by atoms with Crippen LogP contribution in [0.15, 0.2) is 42.5 Å². The Balaban J connectivity index is 2.01. The normalized spacial score (nSPS) is 13.2. The fourth-order valence-corrected chi connectivity index (χ4v) is 2.60. The van der Waals surface area contributed by atoms with Gasteiger partial charge in [0.25, 0.3) is 5.91 Å². The fourth-order valence-electron chi connectivity index (χ4n) is 2.60. The summed E-state index contributed by atoms with van der Waals surface area (Å²) in [7, 11) is 0. The van der Waals surface area contributed by atoms with Crippen molar-refractivity contribution in [3.63, 3.8) is 0 Å². The third-order valence-electron chi connectivity index (χ3n) is 4.42. The molecule has 24 heavy (non-hydrogen) atoms. The Bertz CT molecular complexity index is 709. The van der Waals surface area contributed by atoms with Crippen molar-refractivity contribution < 1.29 is 9.53 Å². The van der Waals surface area contributed by atoms with E-state index in [1.165, 1.54) is 11.1 Å². The number of para-hydroxylation sites is 1. The number of ether oxygens (including phenoxy) is 1. The van der Waals surface area contributed by atoms with E-state index >= 15 is 0 Å². The van der Waals surface area contributed by atoms with Crippen molar-refractivity contribution in [1.82, 2.24) is 5.32 Å². The zero-order chi connectivity index (χ0) is 17.7. The third kappa shape index (κ3) is 4.38. The predicted molar refractivity (Wildman–Crippen MR) is 98.4 cm³/mol. The van der Waals surface area contributed by atoms with Gasteiger partial charge in [0.15, 0.2) is 6.10 Å². The molecule has 1 amide bonds. The van der Waals surface area contributed by atoms with E-state index in [2.05, 4.69) is 44.3 Å². The van der Waals surface area contributed by atoms with E-state index < -0.39 is 6.10 Å². The lowest BCUT2D eigenvalue weighted by molar-refractivity contribution is -0.127. The molecule has 1 N–H and O–H groups in total. The van der Waals surface area contributed by atoms with Crippen molar-refractivity contribution in [2.75, 3.05) is 0 Å². The van der Waals surface area contributed by atoms with Crippen LogP contribution in [0.4, 0.5) is 0 Å². The average Bonchev–Trinajstić information content (AvgIpc) is 2.57. The second kappa shape index (κ2) is 8.00. The van der Waals surface area contributed by atoms with Crippen LogP contribution in [0.2, 0.25) is 0 Å². The quantitative estimate of drug-likeness (QED) is 0.848. The number of rotatable bonds is 6. The summed E-state index contributed by atoms with van der Waals surface area (Å²) >= 11 is 0. The van der Waals surface area contributed by atoms with Gasteiger partial charge in [0.2, 0.25) is 0 Å². The number of hydrogen-bond acceptors (Lipinski definition) is 2. The van der Waals surface area contributed by atoms with E-state index in [0.29, 0.717) is 0 Å². The monoisotopic (exact) mass is 325 g/mol. The molecule has 0 aromatic heterocycles. The largest absolute Gasteiger partial charge is 0.481 e. The van der Waals surface area contributed by atoms with Crippen LogP contribution in [-0.2, 0) is 11.2 Å². The maximum absolute atomic E-state index is 12.4. The first-order valence-electron chi connectivity index (χ1n) is 8.54. The molecule has 0 saturated heterocycles. The van der Waals surface area contributed by atoms with Crippen molar-refractivity contribution in [2.24, 2.45) is 0 Å². The van der Waals surface area contributed by atoms with Gasteiger partial charge in [0.05, 0.1) is 6.04 Å². The van der Waals surface area contributed by atoms with Gasteiger partial charge >= 0.3 is 0 Å². The van der Waals surface area contributed by atoms with E-state index in [0.717, 1.165) is 23.3 Å². The van der Waals surface area contributed by atoms with Crippen molar-refractivity contribution >= 4 is 5.91 Å². The molecule has 0 radical (unpaired) electrons. The second-order valence-electron chi connectivity index (χ2n) is 6.30. The van der Waals surface area contributed by atoms with Crippen molar-refractivity contribution in [3.8, 4) is 5.75 Å². The fraction of sp³-hybridized carbons (Fsp3) is 0.381. The molecule has 0 aliphatic rings. The van der Waals surface area contributed by atoms with Crippen LogP contribution in [0.5, 0.6) is 5.75 Å². The van der Waals surface area contributed by atoms with Crippen molar-refractivity contribution in [1.29, 1.82) is 0 Å². The standard InChI is InChI=1S/C21H27NO2/c1-6-18-9-7-8-10-20(18)24-17(5)21(23)22-16(4)19-12-11-14(2)15(3)13-19/h7-13,16-17H,6H2,1-5H3,(H,22,23)/t16-,17-/m1/s1. The average molecular weight is 325 g/mol. The van der Waals surface area contributed by atoms with Gasteiger partial charge < -0.3 is 10.1 Å². The van der Waals surface area contributed by atoms with Crippen molar-refractivity contribution in [3.05, 3.63) is 64.7 Å². The Morgan fingerprint density at radius 3 is 2.46 bits per heavy atom. The summed E-state index contributed by atoms with van der Waals surface area (Å²) in [6.07, 6.45) is 0.343. The molecule has 2 aromatic carbocycles. The minimum atomic E-state index is -0.535. The van der Waals surface area contributed by atoms with E-state index in [4.69, 9.17) is 4.74 Å². The lowest BCUT2D eigenvalue weighted by Crippen LogP contribution is -2.37. The Kier molecular flexibility index (Phi) is 6.02. The molecule has 2 aromatic rings. The highest BCUT2D eigenvalue weighted by Gasteiger charge is 2.18. The van der Waals surface area contributed by atoms with Crippen LogP contribution < -0.4 is 10.1 Å². The van der Waals surface area contributed by atoms with Crippen molar-refractivity contribution in [2.45, 2.75) is 53.2 Å². The van der Waals surface area contributed by atoms with Gasteiger partial charge in [-0.05, 0) is 62.4 Å². The molecule has 0 aliphatic carbocycles. The number of carbonyl (C=O) groups is 1. The van der Waals surface area contributed by atoms with Gasteiger partial charge in [-0.3, -0.25) is 4.79 Å². The Morgan fingerprint density at radius 2 is 1.79 bits per heavy atom. The smallest absolute Gasteiger partial charge is 0.261 e. The SMILES string of the molecule is CCc1ccccc1O[C@H](C)C(=O)N[C@H](C)c1ccc(C)c(C)c1. The Labute approximate surface area is 145 Å². The van der Waals surface area contributed by atoms with Gasteiger partial charge in [0.1, 0.15) is 5.75 Å². The predicted octanol–water partition coefficient (Wildman–Crippen LogP) is 4.51. The minimum Gasteiger partial charge on any atom is -0.481 e. The van der Waals surface area contributed by atoms with Crippen LogP contribution in [0.1, 0.15) is 49.1 Å². The summed E-state index contributed by atoms with van der Waals surface area (Å²) in [6, 6.07) is 14.1. The van der Waals surface area contributed by atoms with Gasteiger partial charge in [-0.1, -0.05) is 43.3 Å². The number of amides is 1. The van der Waals surface area contributed by atoms with Crippen LogP contribution in [-0.4, -0.2) is 12.0 Å². The lowest BCUT2D eigenvalue weighted by atomic mass is 10.0. The highest BCUT2D eigenvalue weighted by molar-refractivity contribution is 5.81. The van der Waals surface area contributed by atoms with E-state index in [1.807, 2.05) is 31.2 Å². The van der Waals surface area contributed by atoms with Gasteiger partial charge in [-0.15, -0.1) is 0 Å². The molecule has 0 heterocycles. The molecule has 128 valence electrons. The highest BCUT2D eigenvalue weighted by atomic mass is 16.5. The van der Waals surface area contributed by atoms with Crippen LogP contribution in [0.3, 0.4) is 0 Å². The molecular weight excluding hydrogens is 298 g/mol. The molecule has 2 rings (SSSR count). The highest BCUT2D eigenvalue weighted by Crippen LogP contribution is 2.21. The van der Waals surface area contributed by atoms with Crippen LogP contribution in [0, 0.1) is 13.8 Å². The molecule has 0 aliphatic heterocycles. The molecule has 3 heteroatoms. The Hall–Kier alpha value is -2.29. The number of carbonyl (C=O) groups excluding carboxylic acids is 1. The lowest BCUT2D eigenvalue weighted by Gasteiger charge is -2.20. The van der Waals surface area contributed by atoms with E-state index in [9.17, 15) is 4.79 Å². The van der Waals surface area contributed by atoms with Gasteiger partial charge in [-0.25, -0.2) is 0 Å². The summed E-state index contributed by atoms with van der Waals surface area (Å²) in [5, 5.41) is 3.04. The molecule has 0 saturated carbocycles. The van der Waals surface area contributed by atoms with E-state index in [1.54, 1.807) is 6.92 Å². The first-order valence-corrected chi connectivity index (χ1v) is 8.54. The summed E-state index contributed by atoms with van der Waals surface area (Å²) < 4.78 is 5.87. The third-order valence-corrected chi connectivity index (χ3v) is 4.42. The Morgan fingerprint density at radius 1 is 1.08 bits per heavy atom. The van der Waals surface area contributed by atoms with Gasteiger partial charge in [0, 0.05) is 0 Å². The first-order chi connectivity index (χ1) is 11.4. The molecule has 0 unspecified atom stereocenters. The summed E-state index contributed by atoms with van der Waals surface area (Å²) in [4.78, 5) is 12.4. The van der Waals surface area contributed by atoms with Crippen LogP contribution >= 0.6 is 0 Å². The number of aryl methyl sites for hydroxylation is 3. The van der Waals surface area contributed by atoms with E-state index in [-0.39, 0.29) is 11.9 Å². The minimum absolute atomic E-state index is 0.0516. The molecular formula is C21H27NO2. The number of hydrogen-bond donors (Lipinski definition) is 1. The molecule has 3 nitrogen and oxygen atoms in total. The maximum Gasteiger partial charge on any atom is 0.261 e. The summed E-state index contributed by atoms with van der Waals surface area (Å²) in [5.41, 5.74) is 4.70. The molecule has 2 atom stereocenters. The number of benzene rings is 2. The molecule has 0 bridgehead atoms. The number of nitrogens with one attached hydrogen (secondary N) is 1. The molecule has 0 fully saturated rings. The van der Waals surface area contributed by atoms with Crippen LogP contribution in [0.25, 0.3) is 0 Å². The van der Waals surface area contributed by atoms with Gasteiger partial charge in [-0.2, -0.15) is 0 Å². The summed E-state index contributed by atoms with van der Waals surface area (Å²) in [6.45, 7) is 10.0. The molecule has 0 spiro atoms. The second-order valence-corrected chi connectivity index (χ2v) is 6.30. The maximum atomic E-state index is 12.4. The first kappa shape index (κ1) is 18.1. The summed E-state index contributed by atoms with van der Waals surface area (Å²) in [5.74, 6) is 0.674. The zero-order valence-corrected chi connectivity index (χ0v) is 15.2. The zero-order valence-electron chi connectivity index (χ0n) is 15.2. The topological polar surface area (TPSA) is 38.3 Å².